The highest BCUT2D eigenvalue weighted by molar-refractivity contribution is 6.31. The van der Waals surface area contributed by atoms with Crippen LogP contribution in [0.15, 0.2) is 41.5 Å². The molecule has 0 saturated carbocycles. The van der Waals surface area contributed by atoms with Crippen LogP contribution in [0.4, 0.5) is 5.69 Å². The summed E-state index contributed by atoms with van der Waals surface area (Å²) in [6, 6.07) is 10.0. The molecule has 2 rings (SSSR count). The number of hydrogen-bond acceptors (Lipinski definition) is 6. The Labute approximate surface area is 143 Å². The maximum Gasteiger partial charge on any atom is 0.315 e. The molecule has 0 fully saturated rings. The second-order valence-electron chi connectivity index (χ2n) is 4.76. The lowest BCUT2D eigenvalue weighted by atomic mass is 10.2. The zero-order valence-electron chi connectivity index (χ0n) is 12.9. The van der Waals surface area contributed by atoms with Crippen molar-refractivity contribution in [1.82, 2.24) is 5.43 Å². The Morgan fingerprint density at radius 2 is 2.17 bits per heavy atom. The molecule has 0 atom stereocenters. The number of nitro benzene ring substituents is 1. The number of ether oxygens (including phenoxy) is 1. The van der Waals surface area contributed by atoms with Crippen molar-refractivity contribution in [3.05, 3.63) is 62.7 Å². The van der Waals surface area contributed by atoms with Crippen molar-refractivity contribution >= 4 is 23.5 Å². The number of aromatic hydroxyl groups is 1. The number of nitro groups is 1. The van der Waals surface area contributed by atoms with Crippen molar-refractivity contribution in [3.8, 4) is 11.5 Å². The van der Waals surface area contributed by atoms with Crippen LogP contribution in [0.1, 0.15) is 18.1 Å². The predicted molar refractivity (Wildman–Crippen MR) is 91.8 cm³/mol. The number of halogens is 1. The van der Waals surface area contributed by atoms with Gasteiger partial charge in [0, 0.05) is 16.7 Å². The smallest absolute Gasteiger partial charge is 0.315 e. The molecule has 2 aromatic carbocycles. The van der Waals surface area contributed by atoms with Gasteiger partial charge < -0.3 is 15.3 Å². The molecular formula is C16H16ClN3O4. The third kappa shape index (κ3) is 4.36. The zero-order chi connectivity index (χ0) is 17.5. The van der Waals surface area contributed by atoms with Gasteiger partial charge >= 0.3 is 5.69 Å². The Kier molecular flexibility index (Phi) is 5.97. The van der Waals surface area contributed by atoms with E-state index in [1.54, 1.807) is 13.0 Å². The molecular weight excluding hydrogens is 334 g/mol. The molecule has 2 N–H and O–H groups in total. The number of phenols is 1. The summed E-state index contributed by atoms with van der Waals surface area (Å²) < 4.78 is 5.21. The Morgan fingerprint density at radius 3 is 2.83 bits per heavy atom. The highest BCUT2D eigenvalue weighted by atomic mass is 35.5. The fraction of sp³-hybridized carbons (Fsp3) is 0.188. The lowest BCUT2D eigenvalue weighted by Crippen LogP contribution is -2.06. The highest BCUT2D eigenvalue weighted by Gasteiger charge is 2.19. The Balaban J connectivity index is 2.13. The van der Waals surface area contributed by atoms with Crippen molar-refractivity contribution in [3.63, 3.8) is 0 Å². The normalized spacial score (nSPS) is 10.8. The third-order valence-electron chi connectivity index (χ3n) is 3.11. The van der Waals surface area contributed by atoms with Gasteiger partial charge in [-0.25, -0.2) is 0 Å². The van der Waals surface area contributed by atoms with Crippen LogP contribution in [0.5, 0.6) is 11.5 Å². The van der Waals surface area contributed by atoms with Crippen molar-refractivity contribution in [2.75, 3.05) is 6.61 Å². The van der Waals surface area contributed by atoms with Gasteiger partial charge in [0.25, 0.3) is 0 Å². The molecule has 0 aliphatic carbocycles. The van der Waals surface area contributed by atoms with E-state index in [2.05, 4.69) is 10.5 Å². The van der Waals surface area contributed by atoms with Crippen LogP contribution in [0.3, 0.4) is 0 Å². The first-order chi connectivity index (χ1) is 11.5. The first-order valence-corrected chi connectivity index (χ1v) is 7.54. The number of hydrazone groups is 1. The molecule has 0 aromatic heterocycles. The first-order valence-electron chi connectivity index (χ1n) is 7.16. The summed E-state index contributed by atoms with van der Waals surface area (Å²) in [5.41, 5.74) is 3.68. The molecule has 0 radical (unpaired) electrons. The van der Waals surface area contributed by atoms with E-state index in [1.165, 1.54) is 18.3 Å². The summed E-state index contributed by atoms with van der Waals surface area (Å²) in [5.74, 6) is -0.456. The van der Waals surface area contributed by atoms with Crippen molar-refractivity contribution in [1.29, 1.82) is 0 Å². The molecule has 126 valence electrons. The second-order valence-corrected chi connectivity index (χ2v) is 5.17. The molecule has 0 spiro atoms. The van der Waals surface area contributed by atoms with Crippen molar-refractivity contribution in [2.24, 2.45) is 5.10 Å². The molecule has 24 heavy (non-hydrogen) atoms. The van der Waals surface area contributed by atoms with Gasteiger partial charge in [-0.05, 0) is 24.6 Å². The van der Waals surface area contributed by atoms with Gasteiger partial charge in [-0.2, -0.15) is 5.10 Å². The average Bonchev–Trinajstić information content (AvgIpc) is 2.55. The average molecular weight is 350 g/mol. The standard InChI is InChI=1S/C16H16ClN3O4/c1-2-24-15-8-11(7-14(16(15)21)20(22)23)9-18-19-10-12-5-3-4-6-13(12)17/h3-9,19,21H,2,10H2,1H3/b18-9-. The lowest BCUT2D eigenvalue weighted by Gasteiger charge is -2.07. The summed E-state index contributed by atoms with van der Waals surface area (Å²) in [4.78, 5) is 10.3. The molecule has 0 aliphatic rings. The van der Waals surface area contributed by atoms with Crippen molar-refractivity contribution < 1.29 is 14.8 Å². The van der Waals surface area contributed by atoms with E-state index >= 15 is 0 Å². The van der Waals surface area contributed by atoms with Gasteiger partial charge in [-0.15, -0.1) is 0 Å². The number of nitrogens with one attached hydrogen (secondary N) is 1. The van der Waals surface area contributed by atoms with Crippen LogP contribution in [-0.4, -0.2) is 22.9 Å². The Hall–Kier alpha value is -2.80. The summed E-state index contributed by atoms with van der Waals surface area (Å²) in [5, 5.41) is 25.5. The van der Waals surface area contributed by atoms with Crippen molar-refractivity contribution in [2.45, 2.75) is 13.5 Å². The summed E-state index contributed by atoms with van der Waals surface area (Å²) in [7, 11) is 0. The van der Waals surface area contributed by atoms with Crippen LogP contribution in [0.2, 0.25) is 5.02 Å². The van der Waals surface area contributed by atoms with Gasteiger partial charge in [-0.1, -0.05) is 29.8 Å². The number of rotatable bonds is 7. The summed E-state index contributed by atoms with van der Waals surface area (Å²) in [6.07, 6.45) is 1.41. The maximum absolute atomic E-state index is 11.0. The van der Waals surface area contributed by atoms with Crippen LogP contribution >= 0.6 is 11.6 Å². The third-order valence-corrected chi connectivity index (χ3v) is 3.47. The number of hydrogen-bond donors (Lipinski definition) is 2. The van der Waals surface area contributed by atoms with Crippen LogP contribution in [0.25, 0.3) is 0 Å². The molecule has 2 aromatic rings. The van der Waals surface area contributed by atoms with E-state index in [0.717, 1.165) is 5.56 Å². The maximum atomic E-state index is 11.0. The molecule has 0 heterocycles. The fourth-order valence-corrected chi connectivity index (χ4v) is 2.19. The summed E-state index contributed by atoms with van der Waals surface area (Å²) in [6.45, 7) is 2.40. The van der Waals surface area contributed by atoms with Gasteiger partial charge in [0.1, 0.15) is 0 Å². The van der Waals surface area contributed by atoms with E-state index in [-0.39, 0.29) is 12.4 Å². The van der Waals surface area contributed by atoms with Crippen LogP contribution in [-0.2, 0) is 6.54 Å². The Morgan fingerprint density at radius 1 is 1.42 bits per heavy atom. The second kappa shape index (κ2) is 8.16. The van der Waals surface area contributed by atoms with Gasteiger partial charge in [0.2, 0.25) is 5.75 Å². The Bertz CT molecular complexity index is 765. The molecule has 0 unspecified atom stereocenters. The van der Waals surface area contributed by atoms with E-state index in [0.29, 0.717) is 17.1 Å². The lowest BCUT2D eigenvalue weighted by molar-refractivity contribution is -0.386. The zero-order valence-corrected chi connectivity index (χ0v) is 13.7. The number of benzene rings is 2. The largest absolute Gasteiger partial charge is 0.500 e. The minimum Gasteiger partial charge on any atom is -0.500 e. The van der Waals surface area contributed by atoms with E-state index in [9.17, 15) is 15.2 Å². The molecule has 7 nitrogen and oxygen atoms in total. The molecule has 8 heteroatoms. The van der Waals surface area contributed by atoms with Gasteiger partial charge in [-0.3, -0.25) is 10.1 Å². The first kappa shape index (κ1) is 17.6. The molecule has 0 saturated heterocycles. The van der Waals surface area contributed by atoms with Gasteiger partial charge in [0.05, 0.1) is 24.3 Å². The highest BCUT2D eigenvalue weighted by Crippen LogP contribution is 2.36. The fourth-order valence-electron chi connectivity index (χ4n) is 1.99. The van der Waals surface area contributed by atoms with Crippen LogP contribution < -0.4 is 10.2 Å². The van der Waals surface area contributed by atoms with Crippen LogP contribution in [0, 0.1) is 10.1 Å². The minimum absolute atomic E-state index is 0.0410. The van der Waals surface area contributed by atoms with Gasteiger partial charge in [0.15, 0.2) is 5.75 Å². The molecule has 0 bridgehead atoms. The van der Waals surface area contributed by atoms with E-state index in [1.807, 2.05) is 18.2 Å². The monoisotopic (exact) mass is 349 g/mol. The predicted octanol–water partition coefficient (Wildman–Crippen LogP) is 3.48. The topological polar surface area (TPSA) is 97.0 Å². The number of nitrogens with zero attached hydrogens (tertiary/aromatic N) is 2. The molecule has 0 amide bonds. The van der Waals surface area contributed by atoms with E-state index in [4.69, 9.17) is 16.3 Å². The molecule has 0 aliphatic heterocycles. The quantitative estimate of drug-likeness (QED) is 0.453. The minimum atomic E-state index is -0.674. The SMILES string of the molecule is CCOc1cc(/C=N\NCc2ccccc2Cl)cc([N+](=O)[O-])c1O. The van der Waals surface area contributed by atoms with E-state index < -0.39 is 16.4 Å². The summed E-state index contributed by atoms with van der Waals surface area (Å²) >= 11 is 6.04. The number of phenolic OH excluding ortho intramolecular Hbond substituents is 1.